The Morgan fingerprint density at radius 2 is 0.550 bits per heavy atom. The fraction of sp³-hybridized carbons (Fsp3) is 0.889. The first-order valence-electron chi connectivity index (χ1n) is 44.6. The monoisotopic (exact) mass is 1430 g/mol. The number of carbonyl (C=O) groups excluding carboxylic acids is 2. The molecular formula is C90H172NO8P. The maximum atomic E-state index is 12.8. The van der Waals surface area contributed by atoms with Crippen molar-refractivity contribution in [3.05, 3.63) is 48.6 Å². The van der Waals surface area contributed by atoms with Crippen LogP contribution in [0.1, 0.15) is 483 Å². The smallest absolute Gasteiger partial charge is 0.462 e. The van der Waals surface area contributed by atoms with Crippen LogP contribution in [0, 0.1) is 0 Å². The number of hydrogen-bond donors (Lipinski definition) is 2. The number of phosphoric ester groups is 1. The SMILES string of the molecule is CC/C=C\C/C=C\C/C=C\C/C=C\CCCCCCCCCCCCCCCCCCCCCCCCCCCCCCC(=O)OC(COC(=O)CCCCCCCCCCCCCCCCCCCCCCCCCCCCCCCCCCCCCCCC)COP(=O)(O)OCCN. The quantitative estimate of drug-likeness (QED) is 0.0264. The van der Waals surface area contributed by atoms with E-state index in [9.17, 15) is 19.0 Å². The minimum absolute atomic E-state index is 0.0571. The Labute approximate surface area is 623 Å². The van der Waals surface area contributed by atoms with Gasteiger partial charge in [0.25, 0.3) is 0 Å². The van der Waals surface area contributed by atoms with Gasteiger partial charge >= 0.3 is 19.8 Å². The summed E-state index contributed by atoms with van der Waals surface area (Å²) in [4.78, 5) is 35.5. The maximum Gasteiger partial charge on any atom is 0.472 e. The van der Waals surface area contributed by atoms with Gasteiger partial charge < -0.3 is 20.1 Å². The van der Waals surface area contributed by atoms with Gasteiger partial charge in [-0.1, -0.05) is 467 Å². The van der Waals surface area contributed by atoms with E-state index in [-0.39, 0.29) is 38.6 Å². The lowest BCUT2D eigenvalue weighted by Gasteiger charge is -2.19. The molecular weight excluding hydrogens is 1250 g/mol. The minimum atomic E-state index is -4.40. The van der Waals surface area contributed by atoms with Crippen molar-refractivity contribution < 1.29 is 37.6 Å². The van der Waals surface area contributed by atoms with Crippen LogP contribution in [0.3, 0.4) is 0 Å². The van der Waals surface area contributed by atoms with Gasteiger partial charge in [0, 0.05) is 19.4 Å². The summed E-state index contributed by atoms with van der Waals surface area (Å²) in [6.07, 6.45) is 113. The number of carbonyl (C=O) groups is 2. The van der Waals surface area contributed by atoms with Crippen LogP contribution in [0.5, 0.6) is 0 Å². The summed E-state index contributed by atoms with van der Waals surface area (Å²) in [5, 5.41) is 0. The minimum Gasteiger partial charge on any atom is -0.462 e. The van der Waals surface area contributed by atoms with Gasteiger partial charge in [0.2, 0.25) is 0 Å². The summed E-state index contributed by atoms with van der Waals surface area (Å²) >= 11 is 0. The molecule has 2 unspecified atom stereocenters. The maximum absolute atomic E-state index is 12.8. The molecule has 100 heavy (non-hydrogen) atoms. The van der Waals surface area contributed by atoms with E-state index in [1.807, 2.05) is 0 Å². The summed E-state index contributed by atoms with van der Waals surface area (Å²) in [6, 6.07) is 0. The average Bonchev–Trinajstić information content (AvgIpc) is 0.983. The third-order valence-corrected chi connectivity index (χ3v) is 21.5. The molecule has 0 aromatic carbocycles. The second-order valence-electron chi connectivity index (χ2n) is 30.5. The number of hydrogen-bond acceptors (Lipinski definition) is 8. The molecule has 9 nitrogen and oxygen atoms in total. The second kappa shape index (κ2) is 85.9. The zero-order valence-electron chi connectivity index (χ0n) is 67.0. The Bertz CT molecular complexity index is 1780. The van der Waals surface area contributed by atoms with Crippen molar-refractivity contribution in [3.63, 3.8) is 0 Å². The zero-order chi connectivity index (χ0) is 72.2. The molecule has 3 N–H and O–H groups in total. The van der Waals surface area contributed by atoms with Gasteiger partial charge in [0.1, 0.15) is 6.61 Å². The summed E-state index contributed by atoms with van der Waals surface area (Å²) in [6.45, 7) is 3.73. The summed E-state index contributed by atoms with van der Waals surface area (Å²) < 4.78 is 33.4. The largest absolute Gasteiger partial charge is 0.472 e. The van der Waals surface area contributed by atoms with E-state index in [0.29, 0.717) is 6.42 Å². The van der Waals surface area contributed by atoms with Gasteiger partial charge in [-0.25, -0.2) is 4.57 Å². The molecule has 0 rings (SSSR count). The number of phosphoric acid groups is 1. The number of unbranched alkanes of at least 4 members (excludes halogenated alkanes) is 65. The highest BCUT2D eigenvalue weighted by molar-refractivity contribution is 7.47. The van der Waals surface area contributed by atoms with Crippen molar-refractivity contribution in [2.24, 2.45) is 5.73 Å². The molecule has 590 valence electrons. The Kier molecular flexibility index (Phi) is 84.2. The average molecular weight is 1430 g/mol. The molecule has 0 aliphatic rings. The number of esters is 2. The van der Waals surface area contributed by atoms with Gasteiger partial charge in [-0.05, 0) is 51.4 Å². The molecule has 0 saturated carbocycles. The normalized spacial score (nSPS) is 13.0. The number of ether oxygens (including phenoxy) is 2. The number of nitrogens with two attached hydrogens (primary N) is 1. The van der Waals surface area contributed by atoms with E-state index in [4.69, 9.17) is 24.3 Å². The molecule has 10 heteroatoms. The van der Waals surface area contributed by atoms with Crippen molar-refractivity contribution in [1.29, 1.82) is 0 Å². The molecule has 0 bridgehead atoms. The number of allylic oxidation sites excluding steroid dienone is 8. The predicted molar refractivity (Wildman–Crippen MR) is 437 cm³/mol. The lowest BCUT2D eigenvalue weighted by molar-refractivity contribution is -0.161. The highest BCUT2D eigenvalue weighted by Gasteiger charge is 2.26. The molecule has 0 aliphatic carbocycles. The summed E-state index contributed by atoms with van der Waals surface area (Å²) in [5.74, 6) is -0.797. The first-order chi connectivity index (χ1) is 49.3. The van der Waals surface area contributed by atoms with E-state index >= 15 is 0 Å². The van der Waals surface area contributed by atoms with Crippen LogP contribution >= 0.6 is 7.82 Å². The number of rotatable bonds is 86. The standard InChI is InChI=1S/C90H172NO8P/c1-3-5-7-9-11-13-15-17-19-21-23-25-27-29-31-33-35-37-39-41-43-44-45-47-49-51-53-55-57-59-61-63-65-67-69-71-73-75-77-79-81-83-90(93)99-88(87-98-100(94,95)97-85-84-91)86-96-89(92)82-80-78-76-74-72-70-68-66-64-62-60-58-56-54-52-50-48-46-42-40-38-36-34-32-30-28-26-24-22-20-18-16-14-12-10-8-6-4-2/h5,7,11,13,17,19,23,25,88H,3-4,6,8-10,12,14-16,18,20-22,24,26-87,91H2,1-2H3,(H,94,95)/b7-5-,13-11-,19-17-,25-23-. The topological polar surface area (TPSA) is 134 Å². The lowest BCUT2D eigenvalue weighted by Crippen LogP contribution is -2.29. The fourth-order valence-electron chi connectivity index (χ4n) is 13.9. The molecule has 0 heterocycles. The van der Waals surface area contributed by atoms with Crippen molar-refractivity contribution in [2.45, 2.75) is 489 Å². The van der Waals surface area contributed by atoms with Gasteiger partial charge in [-0.3, -0.25) is 18.6 Å². The van der Waals surface area contributed by atoms with E-state index in [1.165, 1.54) is 392 Å². The van der Waals surface area contributed by atoms with Crippen LogP contribution in [0.15, 0.2) is 48.6 Å². The molecule has 0 radical (unpaired) electrons. The van der Waals surface area contributed by atoms with Crippen molar-refractivity contribution in [2.75, 3.05) is 26.4 Å². The van der Waals surface area contributed by atoms with Gasteiger partial charge in [0.15, 0.2) is 6.10 Å². The van der Waals surface area contributed by atoms with Crippen LogP contribution in [-0.2, 0) is 32.7 Å². The lowest BCUT2D eigenvalue weighted by atomic mass is 10.0. The van der Waals surface area contributed by atoms with Crippen molar-refractivity contribution in [1.82, 2.24) is 0 Å². The Morgan fingerprint density at radius 3 is 0.820 bits per heavy atom. The van der Waals surface area contributed by atoms with Crippen LogP contribution in [0.25, 0.3) is 0 Å². The first kappa shape index (κ1) is 98.0. The Hall–Kier alpha value is -2.03. The molecule has 0 aromatic rings. The van der Waals surface area contributed by atoms with Crippen LogP contribution in [0.2, 0.25) is 0 Å². The summed E-state index contributed by atoms with van der Waals surface area (Å²) in [5.41, 5.74) is 5.43. The molecule has 2 atom stereocenters. The fourth-order valence-corrected chi connectivity index (χ4v) is 14.7. The zero-order valence-corrected chi connectivity index (χ0v) is 67.9. The van der Waals surface area contributed by atoms with Crippen LogP contribution < -0.4 is 5.73 Å². The third-order valence-electron chi connectivity index (χ3n) is 20.5. The van der Waals surface area contributed by atoms with Gasteiger partial charge in [-0.15, -0.1) is 0 Å². The molecule has 0 fully saturated rings. The molecule has 0 spiro atoms. The van der Waals surface area contributed by atoms with Crippen molar-refractivity contribution in [3.8, 4) is 0 Å². The van der Waals surface area contributed by atoms with Crippen molar-refractivity contribution >= 4 is 19.8 Å². The predicted octanol–water partition coefficient (Wildman–Crippen LogP) is 30.3. The molecule has 0 aliphatic heterocycles. The van der Waals surface area contributed by atoms with Crippen LogP contribution in [0.4, 0.5) is 0 Å². The molecule has 0 saturated heterocycles. The Balaban J connectivity index is 3.69. The molecule has 0 aromatic heterocycles. The van der Waals surface area contributed by atoms with Gasteiger partial charge in [0.05, 0.1) is 13.2 Å². The summed E-state index contributed by atoms with van der Waals surface area (Å²) in [7, 11) is -4.40. The second-order valence-corrected chi connectivity index (χ2v) is 31.9. The van der Waals surface area contributed by atoms with Gasteiger partial charge in [-0.2, -0.15) is 0 Å². The highest BCUT2D eigenvalue weighted by atomic mass is 31.2. The van der Waals surface area contributed by atoms with E-state index in [1.54, 1.807) is 0 Å². The third kappa shape index (κ3) is 84.9. The van der Waals surface area contributed by atoms with Crippen LogP contribution in [-0.4, -0.2) is 49.3 Å². The highest BCUT2D eigenvalue weighted by Crippen LogP contribution is 2.43. The van der Waals surface area contributed by atoms with E-state index in [2.05, 4.69) is 62.5 Å². The Morgan fingerprint density at radius 1 is 0.310 bits per heavy atom. The van der Waals surface area contributed by atoms with E-state index in [0.717, 1.165) is 57.8 Å². The first-order valence-corrected chi connectivity index (χ1v) is 46.1. The molecule has 0 amide bonds. The van der Waals surface area contributed by atoms with E-state index < -0.39 is 26.5 Å².